The molecule has 0 atom stereocenters. The van der Waals surface area contributed by atoms with Gasteiger partial charge in [-0.2, -0.15) is 0 Å². The molecule has 0 spiro atoms. The van der Waals surface area contributed by atoms with Gasteiger partial charge in [0.05, 0.1) is 18.3 Å². The van der Waals surface area contributed by atoms with E-state index in [-0.39, 0.29) is 17.0 Å². The van der Waals surface area contributed by atoms with Crippen LogP contribution in [0.2, 0.25) is 0 Å². The number of nitrogens with two attached hydrogens (primary N) is 1. The molecule has 2 aromatic carbocycles. The number of nitrogen functional groups attached to an aromatic ring is 1. The number of ether oxygens (including phenoxy) is 1. The van der Waals surface area contributed by atoms with E-state index in [1.807, 2.05) is 0 Å². The van der Waals surface area contributed by atoms with Crippen LogP contribution in [0.25, 0.3) is 16.7 Å². The van der Waals surface area contributed by atoms with Gasteiger partial charge in [0.25, 0.3) is 0 Å². The average molecular weight is 354 g/mol. The summed E-state index contributed by atoms with van der Waals surface area (Å²) in [4.78, 5) is 3.96. The van der Waals surface area contributed by atoms with Crippen molar-refractivity contribution in [3.8, 4) is 11.4 Å². The first-order valence-electron chi connectivity index (χ1n) is 5.98. The molecule has 4 nitrogen and oxygen atoms in total. The topological polar surface area (TPSA) is 53.1 Å². The molecule has 0 unspecified atom stereocenters. The first-order chi connectivity index (χ1) is 10.0. The van der Waals surface area contributed by atoms with Gasteiger partial charge in [-0.05, 0) is 28.1 Å². The standard InChI is InChI=1S/C14H10BrF2N3O/c1-21-8-2-3-9(15)11(6-8)20-12-5-7(16)4-10(17)13(12)19-14(20)18/h2-6H,1H3,(H2,18,19). The fourth-order valence-electron chi connectivity index (χ4n) is 2.17. The van der Waals surface area contributed by atoms with Crippen LogP contribution in [0.1, 0.15) is 0 Å². The van der Waals surface area contributed by atoms with Crippen molar-refractivity contribution >= 4 is 32.9 Å². The molecule has 0 aliphatic carbocycles. The smallest absolute Gasteiger partial charge is 0.206 e. The summed E-state index contributed by atoms with van der Waals surface area (Å²) in [6, 6.07) is 7.18. The molecule has 0 saturated heterocycles. The van der Waals surface area contributed by atoms with Crippen molar-refractivity contribution in [1.82, 2.24) is 9.55 Å². The number of fused-ring (bicyclic) bond motifs is 1. The number of hydrogen-bond donors (Lipinski definition) is 1. The van der Waals surface area contributed by atoms with E-state index in [9.17, 15) is 8.78 Å². The van der Waals surface area contributed by atoms with Gasteiger partial charge < -0.3 is 10.5 Å². The highest BCUT2D eigenvalue weighted by atomic mass is 79.9. The van der Waals surface area contributed by atoms with Crippen LogP contribution < -0.4 is 10.5 Å². The van der Waals surface area contributed by atoms with Crippen molar-refractivity contribution in [2.24, 2.45) is 0 Å². The predicted octanol–water partition coefficient (Wildman–Crippen LogP) is 3.66. The molecular formula is C14H10BrF2N3O. The number of rotatable bonds is 2. The monoisotopic (exact) mass is 353 g/mol. The Morgan fingerprint density at radius 1 is 1.24 bits per heavy atom. The number of hydrogen-bond acceptors (Lipinski definition) is 3. The number of anilines is 1. The van der Waals surface area contributed by atoms with Gasteiger partial charge in [-0.1, -0.05) is 0 Å². The SMILES string of the molecule is COc1ccc(Br)c(-n2c(N)nc3c(F)cc(F)cc32)c1. The van der Waals surface area contributed by atoms with Crippen LogP contribution in [0.15, 0.2) is 34.8 Å². The Bertz CT molecular complexity index is 848. The molecule has 0 saturated carbocycles. The van der Waals surface area contributed by atoms with Gasteiger partial charge in [0.1, 0.15) is 17.1 Å². The largest absolute Gasteiger partial charge is 0.497 e. The fourth-order valence-corrected chi connectivity index (χ4v) is 2.59. The molecule has 2 N–H and O–H groups in total. The zero-order valence-electron chi connectivity index (χ0n) is 10.9. The van der Waals surface area contributed by atoms with E-state index < -0.39 is 11.6 Å². The predicted molar refractivity (Wildman–Crippen MR) is 79.7 cm³/mol. The molecule has 108 valence electrons. The number of nitrogens with zero attached hydrogens (tertiary/aromatic N) is 2. The number of imidazole rings is 1. The molecule has 0 aliphatic rings. The lowest BCUT2D eigenvalue weighted by atomic mass is 10.2. The van der Waals surface area contributed by atoms with Crippen LogP contribution in [-0.4, -0.2) is 16.7 Å². The third kappa shape index (κ3) is 2.23. The van der Waals surface area contributed by atoms with E-state index in [4.69, 9.17) is 10.5 Å². The Labute approximate surface area is 127 Å². The summed E-state index contributed by atoms with van der Waals surface area (Å²) in [5.74, 6) is -0.801. The summed E-state index contributed by atoms with van der Waals surface area (Å²) in [6.07, 6.45) is 0. The lowest BCUT2D eigenvalue weighted by molar-refractivity contribution is 0.414. The highest BCUT2D eigenvalue weighted by molar-refractivity contribution is 9.10. The van der Waals surface area contributed by atoms with Crippen LogP contribution in [0.5, 0.6) is 5.75 Å². The molecule has 1 aromatic heterocycles. The second kappa shape index (κ2) is 5.00. The lowest BCUT2D eigenvalue weighted by Gasteiger charge is -2.11. The van der Waals surface area contributed by atoms with Crippen LogP contribution in [0, 0.1) is 11.6 Å². The minimum absolute atomic E-state index is 0.0172. The molecule has 7 heteroatoms. The summed E-state index contributed by atoms with van der Waals surface area (Å²) < 4.78 is 34.6. The number of methoxy groups -OCH3 is 1. The highest BCUT2D eigenvalue weighted by Gasteiger charge is 2.17. The summed E-state index contributed by atoms with van der Waals surface area (Å²) in [6.45, 7) is 0. The Balaban J connectivity index is 2.37. The van der Waals surface area contributed by atoms with Crippen LogP contribution in [0.3, 0.4) is 0 Å². The molecule has 0 aliphatic heterocycles. The van der Waals surface area contributed by atoms with Crippen LogP contribution in [0.4, 0.5) is 14.7 Å². The normalized spacial score (nSPS) is 11.0. The fraction of sp³-hybridized carbons (Fsp3) is 0.0714. The van der Waals surface area contributed by atoms with Gasteiger partial charge in [0.15, 0.2) is 5.82 Å². The maximum absolute atomic E-state index is 13.8. The Hall–Kier alpha value is -2.15. The van der Waals surface area contributed by atoms with Gasteiger partial charge in [-0.25, -0.2) is 13.8 Å². The van der Waals surface area contributed by atoms with Gasteiger partial charge in [-0.15, -0.1) is 0 Å². The van der Waals surface area contributed by atoms with E-state index in [1.54, 1.807) is 18.2 Å². The van der Waals surface area contributed by atoms with Crippen molar-refractivity contribution in [2.45, 2.75) is 0 Å². The number of benzene rings is 2. The van der Waals surface area contributed by atoms with Crippen molar-refractivity contribution in [3.05, 3.63) is 46.4 Å². The second-order valence-corrected chi connectivity index (χ2v) is 5.23. The van der Waals surface area contributed by atoms with E-state index in [0.717, 1.165) is 6.07 Å². The Morgan fingerprint density at radius 3 is 2.71 bits per heavy atom. The van der Waals surface area contributed by atoms with E-state index >= 15 is 0 Å². The second-order valence-electron chi connectivity index (χ2n) is 4.38. The molecular weight excluding hydrogens is 344 g/mol. The van der Waals surface area contributed by atoms with Crippen molar-refractivity contribution in [3.63, 3.8) is 0 Å². The summed E-state index contributed by atoms with van der Waals surface area (Å²) in [7, 11) is 1.53. The van der Waals surface area contributed by atoms with Crippen molar-refractivity contribution in [1.29, 1.82) is 0 Å². The van der Waals surface area contributed by atoms with Gasteiger partial charge >= 0.3 is 0 Å². The summed E-state index contributed by atoms with van der Waals surface area (Å²) >= 11 is 3.39. The molecule has 1 heterocycles. The summed E-state index contributed by atoms with van der Waals surface area (Å²) in [5, 5.41) is 0. The Kier molecular flexibility index (Phi) is 3.29. The first kappa shape index (κ1) is 13.8. The van der Waals surface area contributed by atoms with Gasteiger partial charge in [0.2, 0.25) is 5.95 Å². The van der Waals surface area contributed by atoms with E-state index in [0.29, 0.717) is 15.9 Å². The maximum Gasteiger partial charge on any atom is 0.206 e. The molecule has 0 radical (unpaired) electrons. The molecule has 0 amide bonds. The van der Waals surface area contributed by atoms with E-state index in [2.05, 4.69) is 20.9 Å². The van der Waals surface area contributed by atoms with Crippen LogP contribution >= 0.6 is 15.9 Å². The third-order valence-electron chi connectivity index (χ3n) is 3.10. The zero-order valence-corrected chi connectivity index (χ0v) is 12.5. The van der Waals surface area contributed by atoms with E-state index in [1.165, 1.54) is 17.7 Å². The van der Waals surface area contributed by atoms with Crippen LogP contribution in [-0.2, 0) is 0 Å². The van der Waals surface area contributed by atoms with Crippen molar-refractivity contribution < 1.29 is 13.5 Å². The Morgan fingerprint density at radius 2 is 2.00 bits per heavy atom. The average Bonchev–Trinajstić information content (AvgIpc) is 2.76. The molecule has 3 aromatic rings. The minimum atomic E-state index is -0.755. The number of halogens is 3. The minimum Gasteiger partial charge on any atom is -0.497 e. The molecule has 0 bridgehead atoms. The molecule has 21 heavy (non-hydrogen) atoms. The maximum atomic E-state index is 13.8. The number of aromatic nitrogens is 2. The molecule has 0 fully saturated rings. The van der Waals surface area contributed by atoms with Gasteiger partial charge in [0, 0.05) is 22.7 Å². The molecule has 3 rings (SSSR count). The summed E-state index contributed by atoms with van der Waals surface area (Å²) in [5.41, 5.74) is 6.71. The van der Waals surface area contributed by atoms with Gasteiger partial charge in [-0.3, -0.25) is 4.57 Å². The first-order valence-corrected chi connectivity index (χ1v) is 6.77. The van der Waals surface area contributed by atoms with Crippen molar-refractivity contribution in [2.75, 3.05) is 12.8 Å². The zero-order chi connectivity index (χ0) is 15.1. The third-order valence-corrected chi connectivity index (χ3v) is 3.77. The quantitative estimate of drug-likeness (QED) is 0.764. The highest BCUT2D eigenvalue weighted by Crippen LogP contribution is 2.32. The lowest BCUT2D eigenvalue weighted by Crippen LogP contribution is -2.02.